The third-order valence-electron chi connectivity index (χ3n) is 1.72. The predicted molar refractivity (Wildman–Crippen MR) is 53.9 cm³/mol. The molecule has 2 aromatic heterocycles. The highest BCUT2D eigenvalue weighted by Gasteiger charge is 2.18. The molecule has 2 rings (SSSR count). The zero-order valence-electron chi connectivity index (χ0n) is 7.72. The van der Waals surface area contributed by atoms with E-state index in [2.05, 4.69) is 15.0 Å². The molecule has 2 aromatic rings. The van der Waals surface area contributed by atoms with Crippen molar-refractivity contribution in [2.24, 2.45) is 0 Å². The van der Waals surface area contributed by atoms with Gasteiger partial charge in [0.2, 0.25) is 5.89 Å². The van der Waals surface area contributed by atoms with E-state index in [-0.39, 0.29) is 22.6 Å². The SMILES string of the molecule is Nc1nc(-c2ncco2)c(Cl)nc1C(=O)O. The van der Waals surface area contributed by atoms with Crippen molar-refractivity contribution >= 4 is 23.4 Å². The summed E-state index contributed by atoms with van der Waals surface area (Å²) >= 11 is 5.74. The second-order valence-electron chi connectivity index (χ2n) is 2.74. The number of aromatic carboxylic acids is 1. The fraction of sp³-hybridized carbons (Fsp3) is 0. The molecule has 0 atom stereocenters. The van der Waals surface area contributed by atoms with Crippen LogP contribution >= 0.6 is 11.6 Å². The van der Waals surface area contributed by atoms with Crippen molar-refractivity contribution in [2.75, 3.05) is 5.73 Å². The third kappa shape index (κ3) is 1.68. The van der Waals surface area contributed by atoms with Crippen molar-refractivity contribution in [3.8, 4) is 11.6 Å². The summed E-state index contributed by atoms with van der Waals surface area (Å²) in [5, 5.41) is 8.60. The number of nitrogens with zero attached hydrogens (tertiary/aromatic N) is 3. The van der Waals surface area contributed by atoms with Crippen molar-refractivity contribution in [2.45, 2.75) is 0 Å². The maximum atomic E-state index is 10.7. The lowest BCUT2D eigenvalue weighted by Crippen LogP contribution is -2.09. The van der Waals surface area contributed by atoms with E-state index in [1.54, 1.807) is 0 Å². The third-order valence-corrected chi connectivity index (χ3v) is 1.98. The highest BCUT2D eigenvalue weighted by atomic mass is 35.5. The molecule has 0 spiro atoms. The van der Waals surface area contributed by atoms with Crippen LogP contribution in [0.4, 0.5) is 5.82 Å². The van der Waals surface area contributed by atoms with Gasteiger partial charge >= 0.3 is 5.97 Å². The minimum Gasteiger partial charge on any atom is -0.476 e. The number of oxazole rings is 1. The van der Waals surface area contributed by atoms with Gasteiger partial charge in [-0.3, -0.25) is 0 Å². The van der Waals surface area contributed by atoms with Gasteiger partial charge < -0.3 is 15.3 Å². The Kier molecular flexibility index (Phi) is 2.45. The number of hydrogen-bond donors (Lipinski definition) is 2. The van der Waals surface area contributed by atoms with Crippen LogP contribution in [0.15, 0.2) is 16.9 Å². The van der Waals surface area contributed by atoms with E-state index in [0.717, 1.165) is 0 Å². The number of aromatic nitrogens is 3. The summed E-state index contributed by atoms with van der Waals surface area (Å²) in [5.74, 6) is -1.42. The Bertz CT molecular complexity index is 540. The number of nitrogen functional groups attached to an aromatic ring is 1. The molecule has 0 fully saturated rings. The number of nitrogens with two attached hydrogens (primary N) is 1. The minimum absolute atomic E-state index is 0.106. The van der Waals surface area contributed by atoms with Gasteiger partial charge in [-0.2, -0.15) is 0 Å². The maximum absolute atomic E-state index is 10.7. The smallest absolute Gasteiger partial charge is 0.358 e. The van der Waals surface area contributed by atoms with E-state index >= 15 is 0 Å². The van der Waals surface area contributed by atoms with Crippen LogP contribution in [0.3, 0.4) is 0 Å². The standard InChI is InChI=1S/C8H5ClN4O3/c9-5-3(7-11-1-2-16-7)13-6(10)4(12-5)8(14)15/h1-2H,(H2,10,13)(H,14,15). The van der Waals surface area contributed by atoms with Crippen molar-refractivity contribution in [1.29, 1.82) is 0 Å². The number of carboxylic acids is 1. The molecular weight excluding hydrogens is 236 g/mol. The first-order chi connectivity index (χ1) is 7.59. The number of halogens is 1. The molecule has 0 aliphatic carbocycles. The summed E-state index contributed by atoms with van der Waals surface area (Å²) in [5.41, 5.74) is 5.12. The fourth-order valence-corrected chi connectivity index (χ4v) is 1.27. The molecular formula is C8H5ClN4O3. The molecule has 0 unspecified atom stereocenters. The van der Waals surface area contributed by atoms with Gasteiger partial charge in [-0.15, -0.1) is 0 Å². The average Bonchev–Trinajstić information content (AvgIpc) is 2.73. The normalized spacial score (nSPS) is 10.3. The Balaban J connectivity index is 2.59. The molecule has 0 bridgehead atoms. The van der Waals surface area contributed by atoms with Gasteiger partial charge in [-0.1, -0.05) is 11.6 Å². The number of carboxylic acid groups (broad SMARTS) is 1. The van der Waals surface area contributed by atoms with Gasteiger partial charge in [0.15, 0.2) is 22.4 Å². The first-order valence-electron chi connectivity index (χ1n) is 4.05. The molecule has 0 aliphatic rings. The second kappa shape index (κ2) is 3.78. The largest absolute Gasteiger partial charge is 0.476 e. The highest BCUT2D eigenvalue weighted by molar-refractivity contribution is 6.31. The van der Waals surface area contributed by atoms with E-state index in [4.69, 9.17) is 26.9 Å². The molecule has 0 saturated heterocycles. The summed E-state index contributed by atoms with van der Waals surface area (Å²) in [6.07, 6.45) is 2.73. The Morgan fingerprint density at radius 1 is 1.50 bits per heavy atom. The van der Waals surface area contributed by atoms with Crippen LogP contribution in [0.25, 0.3) is 11.6 Å². The zero-order chi connectivity index (χ0) is 11.7. The van der Waals surface area contributed by atoms with E-state index in [1.807, 2.05) is 0 Å². The molecule has 7 nitrogen and oxygen atoms in total. The van der Waals surface area contributed by atoms with E-state index < -0.39 is 11.7 Å². The van der Waals surface area contributed by atoms with E-state index in [9.17, 15) is 4.79 Å². The van der Waals surface area contributed by atoms with E-state index in [1.165, 1.54) is 12.5 Å². The monoisotopic (exact) mass is 240 g/mol. The second-order valence-corrected chi connectivity index (χ2v) is 3.10. The molecule has 8 heteroatoms. The molecule has 0 radical (unpaired) electrons. The van der Waals surface area contributed by atoms with Gasteiger partial charge in [0, 0.05) is 0 Å². The molecule has 0 aliphatic heterocycles. The van der Waals surface area contributed by atoms with Crippen molar-refractivity contribution in [3.63, 3.8) is 0 Å². The molecule has 2 heterocycles. The maximum Gasteiger partial charge on any atom is 0.358 e. The van der Waals surface area contributed by atoms with Gasteiger partial charge in [0.25, 0.3) is 0 Å². The van der Waals surface area contributed by atoms with Crippen molar-refractivity contribution < 1.29 is 14.3 Å². The lowest BCUT2D eigenvalue weighted by atomic mass is 10.3. The van der Waals surface area contributed by atoms with Crippen LogP contribution in [0, 0.1) is 0 Å². The van der Waals surface area contributed by atoms with Crippen LogP contribution in [-0.2, 0) is 0 Å². The summed E-state index contributed by atoms with van der Waals surface area (Å²) in [6, 6.07) is 0. The van der Waals surface area contributed by atoms with Crippen LogP contribution in [0.1, 0.15) is 10.5 Å². The molecule has 16 heavy (non-hydrogen) atoms. The van der Waals surface area contributed by atoms with Gasteiger partial charge in [0.05, 0.1) is 6.20 Å². The summed E-state index contributed by atoms with van der Waals surface area (Å²) in [7, 11) is 0. The Labute approximate surface area is 93.9 Å². The molecule has 0 aromatic carbocycles. The Morgan fingerprint density at radius 3 is 2.81 bits per heavy atom. The highest BCUT2D eigenvalue weighted by Crippen LogP contribution is 2.24. The van der Waals surface area contributed by atoms with Crippen LogP contribution in [-0.4, -0.2) is 26.0 Å². The van der Waals surface area contributed by atoms with Gasteiger partial charge in [-0.05, 0) is 0 Å². The quantitative estimate of drug-likeness (QED) is 0.806. The molecule has 0 saturated carbocycles. The minimum atomic E-state index is -1.30. The van der Waals surface area contributed by atoms with Gasteiger partial charge in [-0.25, -0.2) is 19.7 Å². The Morgan fingerprint density at radius 2 is 2.25 bits per heavy atom. The first kappa shape index (κ1) is 10.4. The topological polar surface area (TPSA) is 115 Å². The number of carbonyl (C=O) groups is 1. The number of anilines is 1. The summed E-state index contributed by atoms with van der Waals surface area (Å²) in [4.78, 5) is 21.9. The molecule has 3 N–H and O–H groups in total. The van der Waals surface area contributed by atoms with Crippen LogP contribution in [0.2, 0.25) is 5.15 Å². The zero-order valence-corrected chi connectivity index (χ0v) is 8.47. The Hall–Kier alpha value is -2.15. The van der Waals surface area contributed by atoms with Crippen LogP contribution in [0.5, 0.6) is 0 Å². The molecule has 0 amide bonds. The van der Waals surface area contributed by atoms with E-state index in [0.29, 0.717) is 0 Å². The fourth-order valence-electron chi connectivity index (χ4n) is 1.06. The number of rotatable bonds is 2. The van der Waals surface area contributed by atoms with Crippen LogP contribution < -0.4 is 5.73 Å². The summed E-state index contributed by atoms with van der Waals surface area (Å²) < 4.78 is 4.95. The molecule has 82 valence electrons. The number of hydrogen-bond acceptors (Lipinski definition) is 6. The predicted octanol–water partition coefficient (Wildman–Crippen LogP) is 1.07. The van der Waals surface area contributed by atoms with Crippen molar-refractivity contribution in [1.82, 2.24) is 15.0 Å². The summed E-state index contributed by atoms with van der Waals surface area (Å²) in [6.45, 7) is 0. The first-order valence-corrected chi connectivity index (χ1v) is 4.43. The van der Waals surface area contributed by atoms with Gasteiger partial charge in [0.1, 0.15) is 6.26 Å². The lowest BCUT2D eigenvalue weighted by molar-refractivity contribution is 0.0691. The average molecular weight is 241 g/mol. The lowest BCUT2D eigenvalue weighted by Gasteiger charge is -2.02. The van der Waals surface area contributed by atoms with Crippen molar-refractivity contribution in [3.05, 3.63) is 23.3 Å².